The van der Waals surface area contributed by atoms with E-state index in [0.717, 1.165) is 11.1 Å². The van der Waals surface area contributed by atoms with Gasteiger partial charge in [-0.25, -0.2) is 8.42 Å². The molecule has 0 saturated carbocycles. The number of halogens is 1. The van der Waals surface area contributed by atoms with Gasteiger partial charge < -0.3 is 5.73 Å². The first kappa shape index (κ1) is 15.7. The van der Waals surface area contributed by atoms with Gasteiger partial charge >= 0.3 is 0 Å². The third-order valence-corrected chi connectivity index (χ3v) is 5.07. The van der Waals surface area contributed by atoms with E-state index < -0.39 is 10.0 Å². The highest BCUT2D eigenvalue weighted by Gasteiger charge is 2.16. The molecule has 0 bridgehead atoms. The van der Waals surface area contributed by atoms with E-state index in [1.165, 1.54) is 6.07 Å². The van der Waals surface area contributed by atoms with Crippen LogP contribution in [-0.2, 0) is 10.0 Å². The van der Waals surface area contributed by atoms with Gasteiger partial charge in [0.2, 0.25) is 0 Å². The quantitative estimate of drug-likeness (QED) is 0.846. The Kier molecular flexibility index (Phi) is 4.16. The number of aryl methyl sites for hydroxylation is 3. The van der Waals surface area contributed by atoms with Crippen LogP contribution < -0.4 is 10.5 Å². The Hall–Kier alpha value is -1.72. The summed E-state index contributed by atoms with van der Waals surface area (Å²) in [5.41, 5.74) is 9.21. The summed E-state index contributed by atoms with van der Waals surface area (Å²) in [4.78, 5) is 0.220. The summed E-state index contributed by atoms with van der Waals surface area (Å²) in [5, 5.41) is 0.318. The zero-order valence-corrected chi connectivity index (χ0v) is 13.6. The molecule has 0 saturated heterocycles. The maximum Gasteiger partial charge on any atom is 0.261 e. The van der Waals surface area contributed by atoms with Crippen molar-refractivity contribution < 1.29 is 8.42 Å². The van der Waals surface area contributed by atoms with Crippen molar-refractivity contribution in [2.24, 2.45) is 0 Å². The van der Waals surface area contributed by atoms with Crippen LogP contribution in [0.2, 0.25) is 5.02 Å². The second-order valence-corrected chi connectivity index (χ2v) is 7.13. The molecule has 112 valence electrons. The fraction of sp³-hybridized carbons (Fsp3) is 0.200. The number of anilines is 2. The Morgan fingerprint density at radius 1 is 1.00 bits per heavy atom. The molecular weight excluding hydrogens is 308 g/mol. The van der Waals surface area contributed by atoms with E-state index >= 15 is 0 Å². The molecule has 0 aliphatic rings. The van der Waals surface area contributed by atoms with Crippen LogP contribution in [0.3, 0.4) is 0 Å². The van der Waals surface area contributed by atoms with E-state index in [1.807, 2.05) is 13.8 Å². The minimum atomic E-state index is -3.65. The molecule has 0 amide bonds. The Balaban J connectivity index is 2.42. The summed E-state index contributed by atoms with van der Waals surface area (Å²) in [7, 11) is -3.65. The number of nitrogens with one attached hydrogen (secondary N) is 1. The third-order valence-electron chi connectivity index (χ3n) is 3.38. The molecule has 0 aliphatic heterocycles. The number of nitrogens with two attached hydrogens (primary N) is 1. The SMILES string of the molecule is Cc1ccc(S(=O)(=O)Nc2cc(Cl)c(N)cc2C)cc1C. The zero-order chi connectivity index (χ0) is 15.8. The monoisotopic (exact) mass is 324 g/mol. The molecular formula is C15H17ClN2O2S. The second kappa shape index (κ2) is 5.58. The van der Waals surface area contributed by atoms with Crippen LogP contribution in [0.15, 0.2) is 35.2 Å². The lowest BCUT2D eigenvalue weighted by atomic mass is 10.1. The van der Waals surface area contributed by atoms with Crippen molar-refractivity contribution in [2.75, 3.05) is 10.5 Å². The highest BCUT2D eigenvalue weighted by atomic mass is 35.5. The van der Waals surface area contributed by atoms with Gasteiger partial charge in [-0.05, 0) is 61.7 Å². The minimum absolute atomic E-state index is 0.220. The predicted octanol–water partition coefficient (Wildman–Crippen LogP) is 3.65. The van der Waals surface area contributed by atoms with Gasteiger partial charge in [0.05, 0.1) is 21.3 Å². The van der Waals surface area contributed by atoms with Gasteiger partial charge in [0.25, 0.3) is 10.0 Å². The Labute approximate surface area is 130 Å². The molecule has 0 fully saturated rings. The molecule has 0 radical (unpaired) electrons. The average molecular weight is 325 g/mol. The van der Waals surface area contributed by atoms with E-state index in [1.54, 1.807) is 31.2 Å². The Bertz CT molecular complexity index is 802. The number of nitrogen functional groups attached to an aromatic ring is 1. The Morgan fingerprint density at radius 3 is 2.29 bits per heavy atom. The molecule has 2 aromatic carbocycles. The number of hydrogen-bond acceptors (Lipinski definition) is 3. The van der Waals surface area contributed by atoms with Gasteiger partial charge in [0, 0.05) is 0 Å². The smallest absolute Gasteiger partial charge is 0.261 e. The molecule has 3 N–H and O–H groups in total. The van der Waals surface area contributed by atoms with Crippen LogP contribution in [0.4, 0.5) is 11.4 Å². The minimum Gasteiger partial charge on any atom is -0.398 e. The lowest BCUT2D eigenvalue weighted by Crippen LogP contribution is -2.14. The zero-order valence-electron chi connectivity index (χ0n) is 12.1. The van der Waals surface area contributed by atoms with E-state index in [-0.39, 0.29) is 4.90 Å². The van der Waals surface area contributed by atoms with Gasteiger partial charge in [-0.15, -0.1) is 0 Å². The summed E-state index contributed by atoms with van der Waals surface area (Å²) in [6, 6.07) is 8.17. The molecule has 0 unspecified atom stereocenters. The average Bonchev–Trinajstić information content (AvgIpc) is 2.39. The molecule has 0 atom stereocenters. The van der Waals surface area contributed by atoms with Gasteiger partial charge in [0.15, 0.2) is 0 Å². The summed E-state index contributed by atoms with van der Waals surface area (Å²) >= 11 is 5.95. The predicted molar refractivity (Wildman–Crippen MR) is 87.3 cm³/mol. The maximum absolute atomic E-state index is 12.4. The topological polar surface area (TPSA) is 72.2 Å². The normalized spacial score (nSPS) is 11.4. The van der Waals surface area contributed by atoms with Crippen molar-refractivity contribution >= 4 is 33.0 Å². The second-order valence-electron chi connectivity index (χ2n) is 5.04. The van der Waals surface area contributed by atoms with Gasteiger partial charge in [-0.1, -0.05) is 17.7 Å². The molecule has 6 heteroatoms. The van der Waals surface area contributed by atoms with Crippen molar-refractivity contribution in [2.45, 2.75) is 25.7 Å². The third kappa shape index (κ3) is 3.31. The first-order valence-corrected chi connectivity index (χ1v) is 8.22. The molecule has 21 heavy (non-hydrogen) atoms. The van der Waals surface area contributed by atoms with Crippen molar-refractivity contribution in [1.29, 1.82) is 0 Å². The van der Waals surface area contributed by atoms with Gasteiger partial charge in [0.1, 0.15) is 0 Å². The molecule has 0 heterocycles. The molecule has 0 aliphatic carbocycles. The highest BCUT2D eigenvalue weighted by Crippen LogP contribution is 2.28. The summed E-state index contributed by atoms with van der Waals surface area (Å²) in [6.07, 6.45) is 0. The van der Waals surface area contributed by atoms with Crippen LogP contribution in [0.1, 0.15) is 16.7 Å². The van der Waals surface area contributed by atoms with E-state index in [4.69, 9.17) is 17.3 Å². The molecule has 0 aromatic heterocycles. The Morgan fingerprint density at radius 2 is 1.67 bits per heavy atom. The largest absolute Gasteiger partial charge is 0.398 e. The van der Waals surface area contributed by atoms with Crippen LogP contribution >= 0.6 is 11.6 Å². The number of rotatable bonds is 3. The van der Waals surface area contributed by atoms with Crippen LogP contribution in [0.25, 0.3) is 0 Å². The maximum atomic E-state index is 12.4. The number of benzene rings is 2. The lowest BCUT2D eigenvalue weighted by molar-refractivity contribution is 0.601. The first-order chi connectivity index (χ1) is 9.70. The van der Waals surface area contributed by atoms with Gasteiger partial charge in [-0.3, -0.25) is 4.72 Å². The molecule has 0 spiro atoms. The van der Waals surface area contributed by atoms with E-state index in [9.17, 15) is 8.42 Å². The van der Waals surface area contributed by atoms with E-state index in [0.29, 0.717) is 22.0 Å². The molecule has 2 rings (SSSR count). The molecule has 4 nitrogen and oxygen atoms in total. The fourth-order valence-electron chi connectivity index (χ4n) is 1.90. The first-order valence-electron chi connectivity index (χ1n) is 6.36. The van der Waals surface area contributed by atoms with E-state index in [2.05, 4.69) is 4.72 Å². The standard InChI is InChI=1S/C15H17ClN2O2S/c1-9-4-5-12(6-10(9)2)21(19,20)18-15-8-13(16)14(17)7-11(15)3/h4-8,18H,17H2,1-3H3. The summed E-state index contributed by atoms with van der Waals surface area (Å²) in [6.45, 7) is 5.58. The number of hydrogen-bond donors (Lipinski definition) is 2. The van der Waals surface area contributed by atoms with Crippen molar-refractivity contribution in [3.05, 3.63) is 52.0 Å². The van der Waals surface area contributed by atoms with Crippen LogP contribution in [0.5, 0.6) is 0 Å². The summed E-state index contributed by atoms with van der Waals surface area (Å²) in [5.74, 6) is 0. The summed E-state index contributed by atoms with van der Waals surface area (Å²) < 4.78 is 27.4. The van der Waals surface area contributed by atoms with Crippen LogP contribution in [-0.4, -0.2) is 8.42 Å². The fourth-order valence-corrected chi connectivity index (χ4v) is 3.27. The lowest BCUT2D eigenvalue weighted by Gasteiger charge is -2.13. The highest BCUT2D eigenvalue weighted by molar-refractivity contribution is 7.92. The van der Waals surface area contributed by atoms with Crippen LogP contribution in [0, 0.1) is 20.8 Å². The van der Waals surface area contributed by atoms with Crippen molar-refractivity contribution in [1.82, 2.24) is 0 Å². The van der Waals surface area contributed by atoms with Crippen molar-refractivity contribution in [3.63, 3.8) is 0 Å². The molecule has 2 aromatic rings. The number of sulfonamides is 1. The van der Waals surface area contributed by atoms with Crippen molar-refractivity contribution in [3.8, 4) is 0 Å². The van der Waals surface area contributed by atoms with Gasteiger partial charge in [-0.2, -0.15) is 0 Å².